The van der Waals surface area contributed by atoms with Gasteiger partial charge in [0, 0.05) is 18.6 Å². The van der Waals surface area contributed by atoms with Crippen molar-refractivity contribution in [2.45, 2.75) is 136 Å². The van der Waals surface area contributed by atoms with E-state index in [-0.39, 0.29) is 0 Å². The predicted molar refractivity (Wildman–Crippen MR) is 120 cm³/mol. The minimum Gasteiger partial charge on any atom is -0.205 e. The number of unbranched alkanes of at least 4 members (excludes halogenated alkanes) is 15. The molecule has 0 aliphatic carbocycles. The van der Waals surface area contributed by atoms with Crippen LogP contribution in [0.4, 0.5) is 0 Å². The molecule has 1 aromatic rings. The molecule has 0 bridgehead atoms. The molecule has 0 saturated carbocycles. The van der Waals surface area contributed by atoms with Gasteiger partial charge in [0.1, 0.15) is 6.54 Å². The van der Waals surface area contributed by atoms with E-state index >= 15 is 0 Å². The summed E-state index contributed by atoms with van der Waals surface area (Å²) >= 11 is 0. The zero-order valence-corrected chi connectivity index (χ0v) is 18.7. The Labute approximate surface area is 171 Å². The molecular formula is C26H48N+. The summed E-state index contributed by atoms with van der Waals surface area (Å²) in [6.45, 7) is 5.77. The Morgan fingerprint density at radius 2 is 0.926 bits per heavy atom. The highest BCUT2D eigenvalue weighted by atomic mass is 14.9. The van der Waals surface area contributed by atoms with Gasteiger partial charge in [0.15, 0.2) is 12.4 Å². The van der Waals surface area contributed by atoms with Gasteiger partial charge >= 0.3 is 0 Å². The number of rotatable bonds is 19. The lowest BCUT2D eigenvalue weighted by molar-refractivity contribution is -0.697. The second-order valence-electron chi connectivity index (χ2n) is 8.50. The Balaban J connectivity index is 1.95. The Morgan fingerprint density at radius 3 is 1.41 bits per heavy atom. The summed E-state index contributed by atoms with van der Waals surface area (Å²) in [6, 6.07) is 4.68. The fourth-order valence-electron chi connectivity index (χ4n) is 3.87. The highest BCUT2D eigenvalue weighted by Gasteiger charge is 2.01. The molecule has 0 fully saturated rings. The summed E-state index contributed by atoms with van der Waals surface area (Å²) < 4.78 is 2.37. The molecular weight excluding hydrogens is 326 g/mol. The van der Waals surface area contributed by atoms with Crippen LogP contribution in [-0.4, -0.2) is 0 Å². The van der Waals surface area contributed by atoms with Crippen molar-refractivity contribution in [3.63, 3.8) is 0 Å². The molecule has 0 N–H and O–H groups in total. The molecule has 0 aliphatic rings. The van der Waals surface area contributed by atoms with Crippen LogP contribution in [0.3, 0.4) is 0 Å². The maximum Gasteiger partial charge on any atom is 0.169 e. The normalized spacial score (nSPS) is 11.2. The first-order valence-corrected chi connectivity index (χ1v) is 12.3. The van der Waals surface area contributed by atoms with E-state index in [9.17, 15) is 0 Å². The number of aryl methyl sites for hydroxylation is 2. The molecule has 0 radical (unpaired) electrons. The molecule has 156 valence electrons. The molecule has 0 unspecified atom stereocenters. The minimum atomic E-state index is 1.19. The standard InChI is InChI=1S/C26H48N/c1-3-5-7-9-11-12-13-14-16-18-20-26-21-24-27(25-22-26)23-19-17-15-10-8-6-4-2/h21-22,24-25H,3-20,23H2,1-2H3/q+1. The quantitative estimate of drug-likeness (QED) is 0.170. The summed E-state index contributed by atoms with van der Waals surface area (Å²) in [7, 11) is 0. The van der Waals surface area contributed by atoms with Crippen LogP contribution < -0.4 is 4.57 Å². The van der Waals surface area contributed by atoms with Gasteiger partial charge < -0.3 is 0 Å². The number of hydrogen-bond donors (Lipinski definition) is 0. The Hall–Kier alpha value is -0.850. The first-order valence-electron chi connectivity index (χ1n) is 12.3. The van der Waals surface area contributed by atoms with Crippen LogP contribution in [0.5, 0.6) is 0 Å². The molecule has 1 heteroatoms. The maximum atomic E-state index is 2.37. The monoisotopic (exact) mass is 374 g/mol. The predicted octanol–water partition coefficient (Wildman–Crippen LogP) is 8.19. The van der Waals surface area contributed by atoms with Crippen LogP contribution in [0.1, 0.15) is 129 Å². The van der Waals surface area contributed by atoms with Crippen molar-refractivity contribution in [3.05, 3.63) is 30.1 Å². The molecule has 1 rings (SSSR count). The van der Waals surface area contributed by atoms with E-state index in [1.54, 1.807) is 0 Å². The molecule has 27 heavy (non-hydrogen) atoms. The van der Waals surface area contributed by atoms with Gasteiger partial charge in [-0.2, -0.15) is 0 Å². The second-order valence-corrected chi connectivity index (χ2v) is 8.50. The SMILES string of the molecule is CCCCCCCCCCCCc1cc[n+](CCCCCCCCC)cc1. The van der Waals surface area contributed by atoms with Crippen LogP contribution in [-0.2, 0) is 13.0 Å². The molecule has 1 heterocycles. The topological polar surface area (TPSA) is 3.88 Å². The molecule has 1 nitrogen and oxygen atoms in total. The first-order chi connectivity index (χ1) is 13.4. The highest BCUT2D eigenvalue weighted by Crippen LogP contribution is 2.12. The van der Waals surface area contributed by atoms with E-state index in [2.05, 4.69) is 42.9 Å². The van der Waals surface area contributed by atoms with Gasteiger partial charge in [-0.25, -0.2) is 4.57 Å². The third-order valence-electron chi connectivity index (χ3n) is 5.80. The zero-order chi connectivity index (χ0) is 19.4. The second kappa shape index (κ2) is 18.5. The molecule has 0 aliphatic heterocycles. The summed E-state index contributed by atoms with van der Waals surface area (Å²) in [6.07, 6.45) is 29.8. The average Bonchev–Trinajstić information content (AvgIpc) is 2.70. The van der Waals surface area contributed by atoms with Crippen LogP contribution in [0.2, 0.25) is 0 Å². The van der Waals surface area contributed by atoms with Crippen LogP contribution in [0.15, 0.2) is 24.5 Å². The van der Waals surface area contributed by atoms with Crippen molar-refractivity contribution in [1.82, 2.24) is 0 Å². The highest BCUT2D eigenvalue weighted by molar-refractivity contribution is 5.07. The summed E-state index contributed by atoms with van der Waals surface area (Å²) in [5, 5.41) is 0. The summed E-state index contributed by atoms with van der Waals surface area (Å²) in [5.74, 6) is 0. The molecule has 1 aromatic heterocycles. The van der Waals surface area contributed by atoms with Gasteiger partial charge in [-0.05, 0) is 24.8 Å². The smallest absolute Gasteiger partial charge is 0.169 e. The molecule has 0 spiro atoms. The molecule has 0 saturated heterocycles. The van der Waals surface area contributed by atoms with Crippen molar-refractivity contribution in [2.75, 3.05) is 0 Å². The lowest BCUT2D eigenvalue weighted by Gasteiger charge is -2.03. The Kier molecular flexibility index (Phi) is 16.6. The fraction of sp³-hybridized carbons (Fsp3) is 0.808. The molecule has 0 amide bonds. The number of nitrogens with zero attached hydrogens (tertiary/aromatic N) is 1. The van der Waals surface area contributed by atoms with Crippen LogP contribution in [0.25, 0.3) is 0 Å². The van der Waals surface area contributed by atoms with Gasteiger partial charge in [0.2, 0.25) is 0 Å². The lowest BCUT2D eigenvalue weighted by Crippen LogP contribution is -2.32. The Morgan fingerprint density at radius 1 is 0.519 bits per heavy atom. The van der Waals surface area contributed by atoms with Gasteiger partial charge in [0.05, 0.1) is 0 Å². The maximum absolute atomic E-state index is 2.37. The number of hydrogen-bond acceptors (Lipinski definition) is 0. The van der Waals surface area contributed by atoms with E-state index in [0.29, 0.717) is 0 Å². The van der Waals surface area contributed by atoms with E-state index in [1.165, 1.54) is 128 Å². The van der Waals surface area contributed by atoms with Crippen molar-refractivity contribution >= 4 is 0 Å². The van der Waals surface area contributed by atoms with Gasteiger partial charge in [-0.3, -0.25) is 0 Å². The van der Waals surface area contributed by atoms with E-state index < -0.39 is 0 Å². The van der Waals surface area contributed by atoms with Crippen molar-refractivity contribution < 1.29 is 4.57 Å². The zero-order valence-electron chi connectivity index (χ0n) is 18.7. The van der Waals surface area contributed by atoms with Crippen LogP contribution >= 0.6 is 0 Å². The van der Waals surface area contributed by atoms with E-state index in [1.807, 2.05) is 0 Å². The fourth-order valence-corrected chi connectivity index (χ4v) is 3.87. The molecule has 0 atom stereocenters. The van der Waals surface area contributed by atoms with E-state index in [4.69, 9.17) is 0 Å². The lowest BCUT2D eigenvalue weighted by atomic mass is 10.0. The minimum absolute atomic E-state index is 1.19. The summed E-state index contributed by atoms with van der Waals surface area (Å²) in [5.41, 5.74) is 1.52. The number of aromatic nitrogens is 1. The van der Waals surface area contributed by atoms with Crippen molar-refractivity contribution in [1.29, 1.82) is 0 Å². The van der Waals surface area contributed by atoms with Crippen molar-refractivity contribution in [2.24, 2.45) is 0 Å². The van der Waals surface area contributed by atoms with Gasteiger partial charge in [0.25, 0.3) is 0 Å². The third kappa shape index (κ3) is 14.8. The van der Waals surface area contributed by atoms with Crippen LogP contribution in [0, 0.1) is 0 Å². The molecule has 0 aromatic carbocycles. The largest absolute Gasteiger partial charge is 0.205 e. The Bertz CT molecular complexity index is 409. The van der Waals surface area contributed by atoms with E-state index in [0.717, 1.165) is 0 Å². The summed E-state index contributed by atoms with van der Waals surface area (Å²) in [4.78, 5) is 0. The van der Waals surface area contributed by atoms with Gasteiger partial charge in [-0.1, -0.05) is 104 Å². The third-order valence-corrected chi connectivity index (χ3v) is 5.80. The number of pyridine rings is 1. The average molecular weight is 375 g/mol. The first kappa shape index (κ1) is 24.2. The van der Waals surface area contributed by atoms with Gasteiger partial charge in [-0.15, -0.1) is 0 Å². The van der Waals surface area contributed by atoms with Crippen molar-refractivity contribution in [3.8, 4) is 0 Å².